The van der Waals surface area contributed by atoms with E-state index in [1.54, 1.807) is 0 Å². The first-order valence-electron chi connectivity index (χ1n) is 7.44. The standard InChI is InChI=1S/C18H18N2O2S/c1-13-16-9-5-6-10-17(16)20-18(19-13)23-12-14(21)11-22-15-7-3-2-4-8-15/h2-10,14,21H,11-12H2,1H3/t14-/m1/s1. The number of aliphatic hydroxyl groups is 1. The van der Waals surface area contributed by atoms with Crippen molar-refractivity contribution >= 4 is 22.7 Å². The molecule has 0 spiro atoms. The van der Waals surface area contributed by atoms with Crippen LogP contribution in [-0.4, -0.2) is 33.5 Å². The number of nitrogens with zero attached hydrogens (tertiary/aromatic N) is 2. The van der Waals surface area contributed by atoms with Crippen molar-refractivity contribution in [2.75, 3.05) is 12.4 Å². The molecule has 0 bridgehead atoms. The molecule has 0 saturated heterocycles. The van der Waals surface area contributed by atoms with Crippen molar-refractivity contribution in [2.45, 2.75) is 18.2 Å². The Morgan fingerprint density at radius 2 is 1.78 bits per heavy atom. The van der Waals surface area contributed by atoms with Crippen LogP contribution in [0.25, 0.3) is 10.9 Å². The Bertz CT molecular complexity index is 780. The van der Waals surface area contributed by atoms with Crippen molar-refractivity contribution in [3.05, 3.63) is 60.3 Å². The molecule has 0 amide bonds. The molecule has 23 heavy (non-hydrogen) atoms. The molecule has 3 aromatic rings. The van der Waals surface area contributed by atoms with E-state index in [1.165, 1.54) is 11.8 Å². The van der Waals surface area contributed by atoms with E-state index in [0.717, 1.165) is 22.3 Å². The quantitative estimate of drug-likeness (QED) is 0.555. The highest BCUT2D eigenvalue weighted by molar-refractivity contribution is 7.99. The van der Waals surface area contributed by atoms with Gasteiger partial charge in [0, 0.05) is 16.8 Å². The Morgan fingerprint density at radius 1 is 1.04 bits per heavy atom. The summed E-state index contributed by atoms with van der Waals surface area (Å²) in [5, 5.41) is 11.8. The highest BCUT2D eigenvalue weighted by Crippen LogP contribution is 2.21. The lowest BCUT2D eigenvalue weighted by Crippen LogP contribution is -2.20. The first-order valence-corrected chi connectivity index (χ1v) is 8.43. The molecule has 1 heterocycles. The number of ether oxygens (including phenoxy) is 1. The van der Waals surface area contributed by atoms with E-state index in [2.05, 4.69) is 9.97 Å². The highest BCUT2D eigenvalue weighted by atomic mass is 32.2. The molecule has 0 aliphatic carbocycles. The second-order valence-corrected chi connectivity index (χ2v) is 6.18. The zero-order valence-electron chi connectivity index (χ0n) is 12.8. The Balaban J connectivity index is 1.57. The number of para-hydroxylation sites is 2. The lowest BCUT2D eigenvalue weighted by Gasteiger charge is -2.12. The summed E-state index contributed by atoms with van der Waals surface area (Å²) in [5.41, 5.74) is 1.88. The van der Waals surface area contributed by atoms with Crippen molar-refractivity contribution in [2.24, 2.45) is 0 Å². The van der Waals surface area contributed by atoms with Crippen LogP contribution >= 0.6 is 11.8 Å². The van der Waals surface area contributed by atoms with Gasteiger partial charge in [0.2, 0.25) is 0 Å². The van der Waals surface area contributed by atoms with Crippen LogP contribution < -0.4 is 4.74 Å². The third-order valence-corrected chi connectivity index (χ3v) is 4.36. The molecule has 5 heteroatoms. The van der Waals surface area contributed by atoms with E-state index in [4.69, 9.17) is 4.74 Å². The molecule has 118 valence electrons. The average molecular weight is 326 g/mol. The second kappa shape index (κ2) is 7.44. The van der Waals surface area contributed by atoms with E-state index in [0.29, 0.717) is 10.9 Å². The zero-order chi connectivity index (χ0) is 16.1. The molecule has 3 rings (SSSR count). The predicted molar refractivity (Wildman–Crippen MR) is 92.9 cm³/mol. The molecule has 1 N–H and O–H groups in total. The van der Waals surface area contributed by atoms with Crippen LogP contribution in [0.5, 0.6) is 5.75 Å². The molecule has 0 radical (unpaired) electrons. The SMILES string of the molecule is Cc1nc(SC[C@H](O)COc2ccccc2)nc2ccccc12. The Morgan fingerprint density at radius 3 is 2.61 bits per heavy atom. The molecule has 0 saturated carbocycles. The average Bonchev–Trinajstić information content (AvgIpc) is 2.59. The minimum Gasteiger partial charge on any atom is -0.491 e. The minimum absolute atomic E-state index is 0.254. The Hall–Kier alpha value is -2.11. The van der Waals surface area contributed by atoms with Gasteiger partial charge in [-0.3, -0.25) is 0 Å². The van der Waals surface area contributed by atoms with Crippen LogP contribution in [0.1, 0.15) is 5.69 Å². The third kappa shape index (κ3) is 4.21. The van der Waals surface area contributed by atoms with Crippen LogP contribution in [0.3, 0.4) is 0 Å². The van der Waals surface area contributed by atoms with E-state index < -0.39 is 6.10 Å². The highest BCUT2D eigenvalue weighted by Gasteiger charge is 2.10. The minimum atomic E-state index is -0.574. The van der Waals surface area contributed by atoms with Gasteiger partial charge in [0.15, 0.2) is 5.16 Å². The molecule has 0 fully saturated rings. The van der Waals surface area contributed by atoms with Gasteiger partial charge in [0.05, 0.1) is 11.6 Å². The summed E-state index contributed by atoms with van der Waals surface area (Å²) >= 11 is 1.44. The number of rotatable bonds is 6. The summed E-state index contributed by atoms with van der Waals surface area (Å²) in [7, 11) is 0. The zero-order valence-corrected chi connectivity index (χ0v) is 13.7. The van der Waals surface area contributed by atoms with E-state index in [9.17, 15) is 5.11 Å². The van der Waals surface area contributed by atoms with Gasteiger partial charge in [-0.2, -0.15) is 0 Å². The first kappa shape index (κ1) is 15.8. The lowest BCUT2D eigenvalue weighted by atomic mass is 10.2. The van der Waals surface area contributed by atoms with Crippen molar-refractivity contribution in [3.63, 3.8) is 0 Å². The molecule has 1 aromatic heterocycles. The molecule has 0 aliphatic rings. The van der Waals surface area contributed by atoms with Gasteiger partial charge < -0.3 is 9.84 Å². The third-order valence-electron chi connectivity index (χ3n) is 3.36. The topological polar surface area (TPSA) is 55.2 Å². The van der Waals surface area contributed by atoms with Gasteiger partial charge in [-0.05, 0) is 25.1 Å². The number of hydrogen-bond acceptors (Lipinski definition) is 5. The number of aromatic nitrogens is 2. The summed E-state index contributed by atoms with van der Waals surface area (Å²) < 4.78 is 5.55. The van der Waals surface area contributed by atoms with Crippen LogP contribution in [0.4, 0.5) is 0 Å². The van der Waals surface area contributed by atoms with Crippen LogP contribution in [0.15, 0.2) is 59.8 Å². The van der Waals surface area contributed by atoms with Crippen molar-refractivity contribution < 1.29 is 9.84 Å². The number of fused-ring (bicyclic) bond motifs is 1. The van der Waals surface area contributed by atoms with E-state index in [-0.39, 0.29) is 6.61 Å². The Labute approximate surface area is 139 Å². The van der Waals surface area contributed by atoms with Crippen LogP contribution in [0, 0.1) is 6.92 Å². The van der Waals surface area contributed by atoms with Gasteiger partial charge in [-0.15, -0.1) is 0 Å². The van der Waals surface area contributed by atoms with Gasteiger partial charge >= 0.3 is 0 Å². The molecular weight excluding hydrogens is 308 g/mol. The molecule has 1 atom stereocenters. The Kier molecular flexibility index (Phi) is 5.10. The van der Waals surface area contributed by atoms with Crippen molar-refractivity contribution in [1.29, 1.82) is 0 Å². The summed E-state index contributed by atoms with van der Waals surface area (Å²) in [4.78, 5) is 9.02. The number of benzene rings is 2. The molecule has 0 aliphatic heterocycles. The summed E-state index contributed by atoms with van der Waals surface area (Å²) in [5.74, 6) is 1.25. The fourth-order valence-electron chi connectivity index (χ4n) is 2.20. The number of thioether (sulfide) groups is 1. The number of aliphatic hydroxyl groups excluding tert-OH is 1. The fraction of sp³-hybridized carbons (Fsp3) is 0.222. The largest absolute Gasteiger partial charge is 0.491 e. The monoisotopic (exact) mass is 326 g/mol. The number of aryl methyl sites for hydroxylation is 1. The molecule has 4 nitrogen and oxygen atoms in total. The van der Waals surface area contributed by atoms with E-state index in [1.807, 2.05) is 61.5 Å². The summed E-state index contributed by atoms with van der Waals surface area (Å²) in [6.07, 6.45) is -0.574. The summed E-state index contributed by atoms with van der Waals surface area (Å²) in [6, 6.07) is 17.4. The maximum Gasteiger partial charge on any atom is 0.188 e. The maximum atomic E-state index is 10.1. The summed E-state index contributed by atoms with van der Waals surface area (Å²) in [6.45, 7) is 2.23. The maximum absolute atomic E-state index is 10.1. The van der Waals surface area contributed by atoms with E-state index >= 15 is 0 Å². The van der Waals surface area contributed by atoms with Gasteiger partial charge in [0.1, 0.15) is 12.4 Å². The normalized spacial score (nSPS) is 12.3. The number of hydrogen-bond donors (Lipinski definition) is 1. The lowest BCUT2D eigenvalue weighted by molar-refractivity contribution is 0.126. The van der Waals surface area contributed by atoms with Gasteiger partial charge in [0.25, 0.3) is 0 Å². The van der Waals surface area contributed by atoms with Crippen LogP contribution in [0.2, 0.25) is 0 Å². The van der Waals surface area contributed by atoms with Gasteiger partial charge in [-0.25, -0.2) is 9.97 Å². The molecule has 2 aromatic carbocycles. The molecule has 0 unspecified atom stereocenters. The van der Waals surface area contributed by atoms with Crippen LogP contribution in [-0.2, 0) is 0 Å². The predicted octanol–water partition coefficient (Wildman–Crippen LogP) is 3.47. The first-order chi connectivity index (χ1) is 11.2. The molecular formula is C18H18N2O2S. The van der Waals surface area contributed by atoms with Crippen molar-refractivity contribution in [3.8, 4) is 5.75 Å². The van der Waals surface area contributed by atoms with Crippen molar-refractivity contribution in [1.82, 2.24) is 9.97 Å². The van der Waals surface area contributed by atoms with Gasteiger partial charge in [-0.1, -0.05) is 48.2 Å². The fourth-order valence-corrected chi connectivity index (χ4v) is 3.00. The second-order valence-electron chi connectivity index (χ2n) is 5.20. The smallest absolute Gasteiger partial charge is 0.188 e.